The minimum atomic E-state index is -5.08. The number of amides is 1. The number of carbonyl (C=O) groups excluding carboxylic acids is 1. The molecule has 6 nitrogen and oxygen atoms in total. The fourth-order valence-corrected chi connectivity index (χ4v) is 4.26. The minimum absolute atomic E-state index is 0.284. The maximum Gasteiger partial charge on any atom is 0.490 e. The first-order chi connectivity index (χ1) is 13.3. The van der Waals surface area contributed by atoms with Crippen LogP contribution in [0.15, 0.2) is 30.3 Å². The van der Waals surface area contributed by atoms with Crippen molar-refractivity contribution in [2.75, 3.05) is 24.7 Å². The number of hydrogen-bond donors (Lipinski definition) is 1. The second-order valence-corrected chi connectivity index (χ2v) is 7.12. The van der Waals surface area contributed by atoms with Crippen LogP contribution in [-0.4, -0.2) is 65.9 Å². The van der Waals surface area contributed by atoms with Gasteiger partial charge in [-0.25, -0.2) is 4.79 Å². The second-order valence-electron chi connectivity index (χ2n) is 7.12. The molecule has 1 aromatic rings. The number of alkyl halides is 3. The maximum atomic E-state index is 12.4. The van der Waals surface area contributed by atoms with E-state index in [-0.39, 0.29) is 5.91 Å². The molecule has 3 fully saturated rings. The second kappa shape index (κ2) is 8.48. The topological polar surface area (TPSA) is 70.1 Å². The molecule has 28 heavy (non-hydrogen) atoms. The molecular weight excluding hydrogens is 377 g/mol. The highest BCUT2D eigenvalue weighted by atomic mass is 19.4. The van der Waals surface area contributed by atoms with Crippen LogP contribution in [0, 0.1) is 0 Å². The molecule has 3 aliphatic rings. The fraction of sp³-hybridized carbons (Fsp3) is 0.579. The van der Waals surface area contributed by atoms with Gasteiger partial charge in [-0.15, -0.1) is 0 Å². The number of likely N-dealkylation sites (tertiary alicyclic amines) is 1. The Hall–Kier alpha value is -2.13. The van der Waals surface area contributed by atoms with Crippen LogP contribution in [0.1, 0.15) is 25.7 Å². The highest BCUT2D eigenvalue weighted by Gasteiger charge is 2.46. The standard InChI is InChI=1S/C17H22N2O2.C2HF3O2/c20-17-7-6-15-16(19(17)13-4-2-1-3-5-13)8-10-18(15)14-9-11-21-12-14;3-2(4,5)1(6)7/h1-5,14-16H,6-12H2;(H,6,7)/t14?,15-,16-;/m0./s1. The molecule has 0 aromatic heterocycles. The third-order valence-corrected chi connectivity index (χ3v) is 5.46. The number of fused-ring (bicyclic) bond motifs is 1. The number of para-hydroxylation sites is 1. The van der Waals surface area contributed by atoms with Gasteiger partial charge in [0.1, 0.15) is 0 Å². The summed E-state index contributed by atoms with van der Waals surface area (Å²) >= 11 is 0. The molecule has 3 atom stereocenters. The third kappa shape index (κ3) is 4.47. The van der Waals surface area contributed by atoms with E-state index in [1.807, 2.05) is 18.2 Å². The Morgan fingerprint density at radius 2 is 1.79 bits per heavy atom. The molecule has 3 aliphatic heterocycles. The predicted molar refractivity (Wildman–Crippen MR) is 95.0 cm³/mol. The van der Waals surface area contributed by atoms with Gasteiger partial charge in [-0.2, -0.15) is 13.2 Å². The lowest BCUT2D eigenvalue weighted by molar-refractivity contribution is -0.192. The van der Waals surface area contributed by atoms with Gasteiger partial charge in [0, 0.05) is 37.3 Å². The first-order valence-electron chi connectivity index (χ1n) is 9.29. The largest absolute Gasteiger partial charge is 0.490 e. The molecule has 4 rings (SSSR count). The molecule has 0 bridgehead atoms. The number of hydrogen-bond acceptors (Lipinski definition) is 4. The van der Waals surface area contributed by atoms with Gasteiger partial charge in [-0.1, -0.05) is 18.2 Å². The van der Waals surface area contributed by atoms with E-state index < -0.39 is 12.1 Å². The monoisotopic (exact) mass is 400 g/mol. The number of halogens is 3. The summed E-state index contributed by atoms with van der Waals surface area (Å²) in [5.74, 6) is -2.47. The fourth-order valence-electron chi connectivity index (χ4n) is 4.26. The van der Waals surface area contributed by atoms with Gasteiger partial charge in [0.2, 0.25) is 5.91 Å². The summed E-state index contributed by atoms with van der Waals surface area (Å²) in [5, 5.41) is 7.12. The average molecular weight is 400 g/mol. The summed E-state index contributed by atoms with van der Waals surface area (Å²) in [5.41, 5.74) is 1.06. The lowest BCUT2D eigenvalue weighted by Gasteiger charge is -2.41. The zero-order valence-electron chi connectivity index (χ0n) is 15.3. The van der Waals surface area contributed by atoms with Gasteiger partial charge in [-0.3, -0.25) is 9.69 Å². The molecule has 0 radical (unpaired) electrons. The molecule has 9 heteroatoms. The smallest absolute Gasteiger partial charge is 0.475 e. The number of carboxylic acid groups (broad SMARTS) is 1. The van der Waals surface area contributed by atoms with Crippen LogP contribution in [0.3, 0.4) is 0 Å². The van der Waals surface area contributed by atoms with Gasteiger partial charge in [0.25, 0.3) is 0 Å². The van der Waals surface area contributed by atoms with Crippen LogP contribution in [0.5, 0.6) is 0 Å². The summed E-state index contributed by atoms with van der Waals surface area (Å²) in [6.45, 7) is 2.85. The minimum Gasteiger partial charge on any atom is -0.475 e. The Labute approximate surface area is 160 Å². The Kier molecular flexibility index (Phi) is 6.24. The molecule has 1 amide bonds. The normalized spacial score (nSPS) is 27.9. The molecule has 154 valence electrons. The van der Waals surface area contributed by atoms with Gasteiger partial charge >= 0.3 is 12.1 Å². The Morgan fingerprint density at radius 3 is 2.36 bits per heavy atom. The van der Waals surface area contributed by atoms with Crippen molar-refractivity contribution in [1.29, 1.82) is 0 Å². The number of ether oxygens (including phenoxy) is 1. The zero-order valence-corrected chi connectivity index (χ0v) is 15.3. The number of benzene rings is 1. The average Bonchev–Trinajstić information content (AvgIpc) is 3.31. The highest BCUT2D eigenvalue weighted by Crippen LogP contribution is 2.36. The molecule has 3 saturated heterocycles. The van der Waals surface area contributed by atoms with Crippen molar-refractivity contribution in [1.82, 2.24) is 4.90 Å². The summed E-state index contributed by atoms with van der Waals surface area (Å²) in [7, 11) is 0. The molecule has 1 unspecified atom stereocenters. The summed E-state index contributed by atoms with van der Waals surface area (Å²) in [4.78, 5) is 26.0. The van der Waals surface area contributed by atoms with E-state index >= 15 is 0 Å². The number of carbonyl (C=O) groups is 2. The molecule has 0 saturated carbocycles. The van der Waals surface area contributed by atoms with E-state index in [0.717, 1.165) is 44.7 Å². The van der Waals surface area contributed by atoms with Gasteiger partial charge in [0.05, 0.1) is 12.6 Å². The molecule has 3 heterocycles. The summed E-state index contributed by atoms with van der Waals surface area (Å²) in [6.07, 6.45) is -1.19. The van der Waals surface area contributed by atoms with Crippen LogP contribution >= 0.6 is 0 Å². The van der Waals surface area contributed by atoms with Crippen LogP contribution in [-0.2, 0) is 14.3 Å². The van der Waals surface area contributed by atoms with Crippen molar-refractivity contribution in [2.45, 2.75) is 50.0 Å². The van der Waals surface area contributed by atoms with E-state index in [1.54, 1.807) is 0 Å². The van der Waals surface area contributed by atoms with E-state index in [4.69, 9.17) is 14.6 Å². The number of nitrogens with zero attached hydrogens (tertiary/aromatic N) is 2. The van der Waals surface area contributed by atoms with E-state index in [2.05, 4.69) is 21.9 Å². The van der Waals surface area contributed by atoms with E-state index in [1.165, 1.54) is 0 Å². The lowest BCUT2D eigenvalue weighted by atomic mass is 9.95. The summed E-state index contributed by atoms with van der Waals surface area (Å²) in [6, 6.07) is 11.6. The number of anilines is 1. The molecule has 0 aliphatic carbocycles. The molecule has 1 N–H and O–H groups in total. The number of rotatable bonds is 2. The maximum absolute atomic E-state index is 12.4. The van der Waals surface area contributed by atoms with E-state index in [9.17, 15) is 18.0 Å². The van der Waals surface area contributed by atoms with Crippen molar-refractivity contribution in [3.8, 4) is 0 Å². The van der Waals surface area contributed by atoms with Crippen molar-refractivity contribution >= 4 is 17.6 Å². The lowest BCUT2D eigenvalue weighted by Crippen LogP contribution is -2.54. The Bertz CT molecular complexity index is 692. The van der Waals surface area contributed by atoms with Crippen molar-refractivity contribution in [3.63, 3.8) is 0 Å². The Balaban J connectivity index is 0.000000279. The van der Waals surface area contributed by atoms with Crippen molar-refractivity contribution < 1.29 is 32.6 Å². The third-order valence-electron chi connectivity index (χ3n) is 5.46. The number of piperidine rings is 1. The quantitative estimate of drug-likeness (QED) is 0.827. The van der Waals surface area contributed by atoms with Gasteiger partial charge in [0.15, 0.2) is 0 Å². The van der Waals surface area contributed by atoms with Crippen LogP contribution < -0.4 is 4.90 Å². The van der Waals surface area contributed by atoms with Gasteiger partial charge < -0.3 is 14.7 Å². The highest BCUT2D eigenvalue weighted by molar-refractivity contribution is 5.95. The predicted octanol–water partition coefficient (Wildman–Crippen LogP) is 2.68. The van der Waals surface area contributed by atoms with Crippen molar-refractivity contribution in [3.05, 3.63) is 30.3 Å². The first-order valence-corrected chi connectivity index (χ1v) is 9.29. The summed E-state index contributed by atoms with van der Waals surface area (Å²) < 4.78 is 37.3. The van der Waals surface area contributed by atoms with Crippen LogP contribution in [0.2, 0.25) is 0 Å². The molecular formula is C19H23F3N2O4. The van der Waals surface area contributed by atoms with Crippen LogP contribution in [0.25, 0.3) is 0 Å². The SMILES string of the molecule is O=C(O)C(F)(F)F.O=C1CC[C@H]2[C@H](CCN2C2CCOC2)N1c1ccccc1. The molecule has 0 spiro atoms. The zero-order chi connectivity index (χ0) is 20.3. The number of carboxylic acids is 1. The Morgan fingerprint density at radius 1 is 1.11 bits per heavy atom. The van der Waals surface area contributed by atoms with E-state index in [0.29, 0.717) is 24.5 Å². The van der Waals surface area contributed by atoms with Gasteiger partial charge in [-0.05, 0) is 31.4 Å². The molecule has 1 aromatic carbocycles. The number of aliphatic carboxylic acids is 1. The van der Waals surface area contributed by atoms with Crippen molar-refractivity contribution in [2.24, 2.45) is 0 Å². The van der Waals surface area contributed by atoms with Crippen LogP contribution in [0.4, 0.5) is 18.9 Å². The first kappa shape index (κ1) is 20.6.